The second-order valence-electron chi connectivity index (χ2n) is 22.7. The number of hydrogen-bond acceptors (Lipinski definition) is 13. The molecule has 3 aromatic rings. The molecular weight excluding hydrogens is 891 g/mol. The average Bonchev–Trinajstić information content (AvgIpc) is 3.87. The molecule has 1 N–H and O–H groups in total. The van der Waals surface area contributed by atoms with Crippen molar-refractivity contribution in [3.63, 3.8) is 0 Å². The first-order valence-electron chi connectivity index (χ1n) is 26.0. The van der Waals surface area contributed by atoms with Crippen LogP contribution < -0.4 is 10.3 Å². The Balaban J connectivity index is 0.757. The Morgan fingerprint density at radius 2 is 1.76 bits per heavy atom. The van der Waals surface area contributed by atoms with Gasteiger partial charge in [-0.2, -0.15) is 0 Å². The van der Waals surface area contributed by atoms with Gasteiger partial charge in [0.25, 0.3) is 5.56 Å². The molecule has 14 nitrogen and oxygen atoms in total. The van der Waals surface area contributed by atoms with Crippen molar-refractivity contribution < 1.29 is 48.0 Å². The summed E-state index contributed by atoms with van der Waals surface area (Å²) in [6, 6.07) is 6.85. The molecule has 9 rings (SSSR count). The van der Waals surface area contributed by atoms with Gasteiger partial charge in [-0.05, 0) is 136 Å². The molecule has 14 heteroatoms. The molecular formula is C56H73N3O11. The van der Waals surface area contributed by atoms with Crippen molar-refractivity contribution in [1.82, 2.24) is 14.5 Å². The molecule has 0 unspecified atom stereocenters. The third kappa shape index (κ3) is 9.09. The highest BCUT2D eigenvalue weighted by molar-refractivity contribution is 5.90. The van der Waals surface area contributed by atoms with Crippen LogP contribution in [0.1, 0.15) is 154 Å². The minimum Gasteiger partial charge on any atom is -0.462 e. The Bertz CT molecular complexity index is 2650. The molecule has 4 aliphatic carbocycles. The molecule has 0 amide bonds. The van der Waals surface area contributed by atoms with Crippen LogP contribution in [0.4, 0.5) is 4.79 Å². The Morgan fingerprint density at radius 1 is 0.971 bits per heavy atom. The first-order valence-corrected chi connectivity index (χ1v) is 26.0. The fourth-order valence-electron chi connectivity index (χ4n) is 14.2. The number of carbonyl (C=O) groups is 4. The van der Waals surface area contributed by atoms with E-state index >= 15 is 0 Å². The van der Waals surface area contributed by atoms with E-state index in [1.54, 1.807) is 29.7 Å². The largest absolute Gasteiger partial charge is 0.516 e. The standard InChI is InChI=1S/C56H73N3O11/c1-9-56(65)44-27-46-50-34(28-59(46)51(62)40(44)30-66-52(56)63)25-38-39(29-58(7)8)47(18-17-45(38)57-50)70-53(64)68-31-67-48(60)19-20-49(61)69-36-21-23-54(5)35(26-36)13-14-37-42-16-15-41(33(4)12-10-11-32(2)3)55(42,6)24-22-43(37)54/h13,17-18,25,27,32-33,36-37,41-43,65H,9-12,14-16,19-24,26,28-31H2,1-8H3/t33-,36+,37+,41-,42+,43+,54+,55-,56+/m1/s1. The van der Waals surface area contributed by atoms with Crippen molar-refractivity contribution in [2.75, 3.05) is 20.9 Å². The Hall–Kier alpha value is -5.08. The van der Waals surface area contributed by atoms with E-state index in [-0.39, 0.29) is 66.4 Å². The van der Waals surface area contributed by atoms with Crippen molar-refractivity contribution in [2.24, 2.45) is 46.3 Å². The van der Waals surface area contributed by atoms with Crippen LogP contribution in [0.2, 0.25) is 0 Å². The maximum Gasteiger partial charge on any atom is 0.516 e. The molecule has 378 valence electrons. The summed E-state index contributed by atoms with van der Waals surface area (Å²) in [6.45, 7) is 13.6. The fourth-order valence-corrected chi connectivity index (χ4v) is 14.2. The zero-order chi connectivity index (χ0) is 49.9. The minimum atomic E-state index is -1.94. The topological polar surface area (TPSA) is 173 Å². The van der Waals surface area contributed by atoms with Gasteiger partial charge in [0.1, 0.15) is 18.5 Å². The molecule has 3 fully saturated rings. The Labute approximate surface area is 411 Å². The number of aliphatic hydroxyl groups is 1. The lowest BCUT2D eigenvalue weighted by Crippen LogP contribution is -2.51. The van der Waals surface area contributed by atoms with E-state index in [1.165, 1.54) is 50.5 Å². The summed E-state index contributed by atoms with van der Waals surface area (Å²) in [4.78, 5) is 71.8. The molecule has 9 atom stereocenters. The number of cyclic esters (lactones) is 1. The van der Waals surface area contributed by atoms with Gasteiger partial charge < -0.3 is 38.3 Å². The van der Waals surface area contributed by atoms with Crippen LogP contribution in [-0.2, 0) is 58.6 Å². The summed E-state index contributed by atoms with van der Waals surface area (Å²) in [7, 11) is 3.74. The smallest absolute Gasteiger partial charge is 0.462 e. The molecule has 3 saturated carbocycles. The van der Waals surface area contributed by atoms with Gasteiger partial charge in [-0.1, -0.05) is 72.5 Å². The third-order valence-corrected chi connectivity index (χ3v) is 17.9. The Morgan fingerprint density at radius 3 is 2.51 bits per heavy atom. The van der Waals surface area contributed by atoms with Crippen LogP contribution in [0.25, 0.3) is 22.3 Å². The lowest BCUT2D eigenvalue weighted by molar-refractivity contribution is -0.172. The van der Waals surface area contributed by atoms with Crippen molar-refractivity contribution in [2.45, 2.75) is 163 Å². The predicted octanol–water partition coefficient (Wildman–Crippen LogP) is 9.89. The normalized spacial score (nSPS) is 28.9. The molecule has 0 spiro atoms. The molecule has 2 aromatic heterocycles. The van der Waals surface area contributed by atoms with Crippen LogP contribution >= 0.6 is 0 Å². The fraction of sp³-hybridized carbons (Fsp3) is 0.643. The molecule has 4 heterocycles. The van der Waals surface area contributed by atoms with Crippen molar-refractivity contribution in [3.05, 3.63) is 68.5 Å². The van der Waals surface area contributed by atoms with Gasteiger partial charge in [0.2, 0.25) is 6.79 Å². The van der Waals surface area contributed by atoms with Gasteiger partial charge in [-0.15, -0.1) is 0 Å². The highest BCUT2D eigenvalue weighted by Gasteiger charge is 2.59. The van der Waals surface area contributed by atoms with E-state index in [1.807, 2.05) is 25.1 Å². The predicted molar refractivity (Wildman–Crippen MR) is 262 cm³/mol. The molecule has 1 aromatic carbocycles. The first kappa shape index (κ1) is 49.9. The second-order valence-corrected chi connectivity index (χ2v) is 22.7. The number of pyridine rings is 2. The van der Waals surface area contributed by atoms with E-state index in [4.69, 9.17) is 28.7 Å². The molecule has 70 heavy (non-hydrogen) atoms. The van der Waals surface area contributed by atoms with E-state index in [9.17, 15) is 29.1 Å². The van der Waals surface area contributed by atoms with Crippen LogP contribution in [-0.4, -0.2) is 70.6 Å². The highest BCUT2D eigenvalue weighted by Crippen LogP contribution is 2.67. The summed E-state index contributed by atoms with van der Waals surface area (Å²) in [5, 5.41) is 11.9. The lowest BCUT2D eigenvalue weighted by atomic mass is 9.47. The van der Waals surface area contributed by atoms with E-state index in [2.05, 4.69) is 40.7 Å². The molecule has 6 aliphatic rings. The number of hydrogen-bond donors (Lipinski definition) is 1. The minimum absolute atomic E-state index is 0.0380. The van der Waals surface area contributed by atoms with Crippen LogP contribution in [0.15, 0.2) is 40.7 Å². The van der Waals surface area contributed by atoms with Crippen LogP contribution in [0.3, 0.4) is 0 Å². The number of rotatable bonds is 15. The van der Waals surface area contributed by atoms with E-state index in [0.29, 0.717) is 45.7 Å². The maximum absolute atomic E-state index is 13.7. The zero-order valence-electron chi connectivity index (χ0n) is 42.5. The van der Waals surface area contributed by atoms with Crippen molar-refractivity contribution in [1.29, 1.82) is 0 Å². The SMILES string of the molecule is CC[C@@]1(O)C(=O)OCc2c1cc1n(c2=O)Cc2cc3c(CN(C)C)c(OC(=O)OCOC(=O)CCC(=O)O[C@H]4CC[C@@]5(C)C(=CC[C@H]6[C@@H]7CC[C@H]([C@H](C)CCCC(C)C)[C@@]7(C)CC[C@@H]65)C4)ccc3nc2-1. The van der Waals surface area contributed by atoms with Gasteiger partial charge in [0.15, 0.2) is 5.60 Å². The van der Waals surface area contributed by atoms with Gasteiger partial charge in [0, 0.05) is 35.0 Å². The van der Waals surface area contributed by atoms with E-state index in [0.717, 1.165) is 60.8 Å². The summed E-state index contributed by atoms with van der Waals surface area (Å²) in [5.41, 5.74) is 3.16. The number of aromatic nitrogens is 2. The van der Waals surface area contributed by atoms with Crippen molar-refractivity contribution in [3.8, 4) is 17.1 Å². The van der Waals surface area contributed by atoms with Gasteiger partial charge in [-0.25, -0.2) is 14.6 Å². The second kappa shape index (κ2) is 19.5. The number of ether oxygens (including phenoxy) is 5. The average molecular weight is 964 g/mol. The number of esters is 3. The summed E-state index contributed by atoms with van der Waals surface area (Å²) >= 11 is 0. The monoisotopic (exact) mass is 964 g/mol. The molecule has 0 radical (unpaired) electrons. The van der Waals surface area contributed by atoms with E-state index < -0.39 is 36.5 Å². The number of allylic oxidation sites excluding steroid dienone is 1. The maximum atomic E-state index is 13.7. The van der Waals surface area contributed by atoms with Gasteiger partial charge in [0.05, 0.1) is 41.9 Å². The summed E-state index contributed by atoms with van der Waals surface area (Å²) in [6.07, 6.45) is 14.0. The quantitative estimate of drug-likeness (QED) is 0.0393. The van der Waals surface area contributed by atoms with Crippen molar-refractivity contribution >= 4 is 35.0 Å². The van der Waals surface area contributed by atoms with Crippen LogP contribution in [0, 0.1) is 46.3 Å². The summed E-state index contributed by atoms with van der Waals surface area (Å²) in [5.74, 6) is 2.86. The molecule has 0 bridgehead atoms. The summed E-state index contributed by atoms with van der Waals surface area (Å²) < 4.78 is 28.7. The Kier molecular flexibility index (Phi) is 13.9. The zero-order valence-corrected chi connectivity index (χ0v) is 42.5. The van der Waals surface area contributed by atoms with Gasteiger partial charge >= 0.3 is 24.1 Å². The molecule has 2 aliphatic heterocycles. The molecule has 0 saturated heterocycles. The number of carbonyl (C=O) groups excluding carboxylic acids is 4. The number of nitrogens with zero attached hydrogens (tertiary/aromatic N) is 3. The highest BCUT2D eigenvalue weighted by atomic mass is 16.8. The number of benzene rings is 1. The van der Waals surface area contributed by atoms with Gasteiger partial charge in [-0.3, -0.25) is 14.4 Å². The third-order valence-electron chi connectivity index (χ3n) is 17.9. The van der Waals surface area contributed by atoms with Crippen LogP contribution in [0.5, 0.6) is 5.75 Å². The number of fused-ring (bicyclic) bond motifs is 10. The lowest BCUT2D eigenvalue weighted by Gasteiger charge is -2.58. The first-order chi connectivity index (χ1) is 33.3.